The van der Waals surface area contributed by atoms with Crippen molar-refractivity contribution in [2.45, 2.75) is 38.1 Å². The molecule has 114 valence electrons. The molecule has 0 unspecified atom stereocenters. The van der Waals surface area contributed by atoms with Gasteiger partial charge in [0.2, 0.25) is 0 Å². The van der Waals surface area contributed by atoms with E-state index >= 15 is 0 Å². The summed E-state index contributed by atoms with van der Waals surface area (Å²) in [5.74, 6) is 0. The van der Waals surface area contributed by atoms with E-state index in [4.69, 9.17) is 0 Å². The third-order valence-electron chi connectivity index (χ3n) is 2.91. The van der Waals surface area contributed by atoms with Crippen LogP contribution in [0, 0.1) is 0 Å². The lowest BCUT2D eigenvalue weighted by Crippen LogP contribution is -2.36. The monoisotopic (exact) mass is 299 g/mol. The Morgan fingerprint density at radius 3 is 2.40 bits per heavy atom. The third-order valence-corrected chi connectivity index (χ3v) is 4.39. The lowest BCUT2D eigenvalue weighted by molar-refractivity contribution is 0.364. The molecule has 5 nitrogen and oxygen atoms in total. The van der Waals surface area contributed by atoms with E-state index in [-0.39, 0.29) is 0 Å². The number of aryl methyl sites for hydroxylation is 1. The number of hydrogen-bond donors (Lipinski definition) is 2. The van der Waals surface area contributed by atoms with Gasteiger partial charge in [0.25, 0.3) is 10.0 Å². The van der Waals surface area contributed by atoms with Crippen LogP contribution in [0.1, 0.15) is 31.4 Å². The van der Waals surface area contributed by atoms with E-state index in [9.17, 15) is 8.42 Å². The number of sulfonamides is 1. The van der Waals surface area contributed by atoms with Gasteiger partial charge in [-0.25, -0.2) is 13.4 Å². The van der Waals surface area contributed by atoms with Gasteiger partial charge >= 0.3 is 0 Å². The molecule has 0 fully saturated rings. The van der Waals surface area contributed by atoms with Gasteiger partial charge in [0, 0.05) is 20.6 Å². The van der Waals surface area contributed by atoms with E-state index < -0.39 is 10.0 Å². The average Bonchev–Trinajstić information content (AvgIpc) is 2.37. The Balaban J connectivity index is 3.02. The molecule has 0 aliphatic heterocycles. The first-order valence-electron chi connectivity index (χ1n) is 6.93. The molecule has 0 atom stereocenters. The highest BCUT2D eigenvalue weighted by Crippen LogP contribution is 2.17. The molecule has 0 saturated carbocycles. The Hall–Kier alpha value is -0.950. The van der Waals surface area contributed by atoms with Crippen molar-refractivity contribution in [1.82, 2.24) is 15.2 Å². The molecule has 1 rings (SSSR count). The van der Waals surface area contributed by atoms with Gasteiger partial charge in [-0.3, -0.25) is 0 Å². The molecule has 0 saturated heterocycles. The fourth-order valence-electron chi connectivity index (χ4n) is 1.97. The van der Waals surface area contributed by atoms with Crippen molar-refractivity contribution in [2.75, 3.05) is 20.6 Å². The number of benzene rings is 1. The van der Waals surface area contributed by atoms with Gasteiger partial charge in [0.1, 0.15) is 0 Å². The van der Waals surface area contributed by atoms with E-state index in [2.05, 4.69) is 24.0 Å². The lowest BCUT2D eigenvalue weighted by Gasteiger charge is -2.15. The quantitative estimate of drug-likeness (QED) is 0.564. The molecule has 0 bridgehead atoms. The summed E-state index contributed by atoms with van der Waals surface area (Å²) in [7, 11) is -0.181. The first kappa shape index (κ1) is 17.1. The highest BCUT2D eigenvalue weighted by Gasteiger charge is 2.16. The molecule has 1 aromatic rings. The van der Waals surface area contributed by atoms with Crippen LogP contribution in [-0.2, 0) is 23.0 Å². The molecule has 0 heterocycles. The smallest absolute Gasteiger partial charge is 0.253 e. The van der Waals surface area contributed by atoms with Crippen LogP contribution >= 0.6 is 0 Å². The van der Waals surface area contributed by atoms with Crippen molar-refractivity contribution >= 4 is 10.0 Å². The van der Waals surface area contributed by atoms with Gasteiger partial charge in [-0.15, -0.1) is 4.83 Å². The van der Waals surface area contributed by atoms with Gasteiger partial charge in [-0.1, -0.05) is 19.9 Å². The molecule has 2 N–H and O–H groups in total. The molecule has 0 amide bonds. The lowest BCUT2D eigenvalue weighted by atomic mass is 10.1. The minimum atomic E-state index is -3.49. The van der Waals surface area contributed by atoms with Gasteiger partial charge in [0.15, 0.2) is 0 Å². The van der Waals surface area contributed by atoms with E-state index in [1.807, 2.05) is 6.07 Å². The fraction of sp³-hybridized carbons (Fsp3) is 0.571. The fourth-order valence-corrected chi connectivity index (χ4v) is 3.10. The maximum Gasteiger partial charge on any atom is 0.253 e. The minimum Gasteiger partial charge on any atom is -0.313 e. The van der Waals surface area contributed by atoms with Crippen molar-refractivity contribution in [3.05, 3.63) is 29.3 Å². The minimum absolute atomic E-state index is 0.302. The van der Waals surface area contributed by atoms with Gasteiger partial charge in [0.05, 0.1) is 4.90 Å². The number of nitrogens with zero attached hydrogens (tertiary/aromatic N) is 1. The summed E-state index contributed by atoms with van der Waals surface area (Å²) in [4.78, 5) is 2.75. The summed E-state index contributed by atoms with van der Waals surface area (Å²) in [6.45, 7) is 5.80. The van der Waals surface area contributed by atoms with Crippen LogP contribution in [0.3, 0.4) is 0 Å². The predicted octanol–water partition coefficient (Wildman–Crippen LogP) is 1.50. The molecule has 6 heteroatoms. The van der Waals surface area contributed by atoms with Crippen molar-refractivity contribution in [3.8, 4) is 0 Å². The maximum absolute atomic E-state index is 12.2. The number of rotatable bonds is 8. The van der Waals surface area contributed by atoms with Crippen LogP contribution < -0.4 is 10.1 Å². The summed E-state index contributed by atoms with van der Waals surface area (Å²) < 4.78 is 24.3. The molecule has 0 aliphatic carbocycles. The topological polar surface area (TPSA) is 61.4 Å². The first-order valence-corrected chi connectivity index (χ1v) is 8.41. The predicted molar refractivity (Wildman–Crippen MR) is 81.8 cm³/mol. The zero-order valence-electron chi connectivity index (χ0n) is 12.7. The molecule has 20 heavy (non-hydrogen) atoms. The van der Waals surface area contributed by atoms with Crippen LogP contribution in [0.4, 0.5) is 0 Å². The second-order valence-electron chi connectivity index (χ2n) is 4.95. The van der Waals surface area contributed by atoms with Crippen molar-refractivity contribution < 1.29 is 8.42 Å². The highest BCUT2D eigenvalue weighted by atomic mass is 32.2. The first-order chi connectivity index (χ1) is 9.40. The number of hydrazine groups is 1. The van der Waals surface area contributed by atoms with Gasteiger partial charge < -0.3 is 5.32 Å². The van der Waals surface area contributed by atoms with E-state index in [1.54, 1.807) is 26.2 Å². The van der Waals surface area contributed by atoms with Crippen molar-refractivity contribution in [3.63, 3.8) is 0 Å². The van der Waals surface area contributed by atoms with Crippen LogP contribution in [-0.4, -0.2) is 34.1 Å². The summed E-state index contributed by atoms with van der Waals surface area (Å²) >= 11 is 0. The van der Waals surface area contributed by atoms with E-state index in [0.717, 1.165) is 24.9 Å². The normalized spacial score (nSPS) is 12.1. The third kappa shape index (κ3) is 4.86. The Morgan fingerprint density at radius 2 is 1.85 bits per heavy atom. The Bertz CT molecular complexity index is 527. The molecular weight excluding hydrogens is 274 g/mol. The molecule has 0 spiro atoms. The molecule has 0 aliphatic rings. The summed E-state index contributed by atoms with van der Waals surface area (Å²) in [6, 6.07) is 5.31. The Kier molecular flexibility index (Phi) is 6.61. The van der Waals surface area contributed by atoms with Crippen LogP contribution in [0.25, 0.3) is 0 Å². The zero-order chi connectivity index (χ0) is 15.2. The average molecular weight is 299 g/mol. The Morgan fingerprint density at radius 1 is 1.15 bits per heavy atom. The second kappa shape index (κ2) is 7.73. The van der Waals surface area contributed by atoms with Crippen LogP contribution in [0.2, 0.25) is 0 Å². The van der Waals surface area contributed by atoms with Crippen LogP contribution in [0.15, 0.2) is 23.1 Å². The standard InChI is InChI=1S/C14H25N3O2S/c1-5-9-15-11-13-10-14(8-7-12(13)6-2)20(18,19)16-17(3)4/h7-8,10,15-16H,5-6,9,11H2,1-4H3. The zero-order valence-corrected chi connectivity index (χ0v) is 13.5. The molecule has 1 aromatic carbocycles. The van der Waals surface area contributed by atoms with Crippen molar-refractivity contribution in [1.29, 1.82) is 0 Å². The number of nitrogens with one attached hydrogen (secondary N) is 2. The summed E-state index contributed by atoms with van der Waals surface area (Å²) in [6.07, 6.45) is 1.95. The van der Waals surface area contributed by atoms with Crippen LogP contribution in [0.5, 0.6) is 0 Å². The van der Waals surface area contributed by atoms with E-state index in [0.29, 0.717) is 11.4 Å². The highest BCUT2D eigenvalue weighted by molar-refractivity contribution is 7.89. The van der Waals surface area contributed by atoms with Crippen molar-refractivity contribution in [2.24, 2.45) is 0 Å². The van der Waals surface area contributed by atoms with Gasteiger partial charge in [-0.05, 0) is 42.6 Å². The Labute approximate surface area is 122 Å². The maximum atomic E-state index is 12.2. The number of hydrogen-bond acceptors (Lipinski definition) is 4. The molecule has 0 radical (unpaired) electrons. The van der Waals surface area contributed by atoms with E-state index in [1.165, 1.54) is 10.6 Å². The summed E-state index contributed by atoms with van der Waals surface area (Å²) in [5, 5.41) is 4.75. The van der Waals surface area contributed by atoms with Gasteiger partial charge in [-0.2, -0.15) is 0 Å². The molecule has 0 aromatic heterocycles. The summed E-state index contributed by atoms with van der Waals surface area (Å²) in [5.41, 5.74) is 2.22. The second-order valence-corrected chi connectivity index (χ2v) is 6.61. The largest absolute Gasteiger partial charge is 0.313 e. The molecular formula is C14H25N3O2S. The SMILES string of the molecule is CCCNCc1cc(S(=O)(=O)NN(C)C)ccc1CC.